The minimum absolute atomic E-state index is 0.0428. The number of aromatic hydroxyl groups is 1. The number of rotatable bonds is 3. The number of ether oxygens (including phenoxy) is 2. The summed E-state index contributed by atoms with van der Waals surface area (Å²) in [4.78, 5) is 8.91. The van der Waals surface area contributed by atoms with Crippen LogP contribution >= 0.6 is 0 Å². The van der Waals surface area contributed by atoms with Crippen LogP contribution in [0.25, 0.3) is 21.8 Å². The second-order valence-electron chi connectivity index (χ2n) is 5.72. The lowest BCUT2D eigenvalue weighted by Gasteiger charge is -2.12. The zero-order chi connectivity index (χ0) is 17.4. The Morgan fingerprint density at radius 2 is 1.76 bits per heavy atom. The molecule has 4 aromatic rings. The highest BCUT2D eigenvalue weighted by atomic mass is 16.5. The maximum absolute atomic E-state index is 10.1. The average Bonchev–Trinajstić information content (AvgIpc) is 2.62. The van der Waals surface area contributed by atoms with Gasteiger partial charge in [0.25, 0.3) is 0 Å². The molecule has 0 spiro atoms. The summed E-state index contributed by atoms with van der Waals surface area (Å²) < 4.78 is 11.2. The Morgan fingerprint density at radius 3 is 2.60 bits per heavy atom. The van der Waals surface area contributed by atoms with Gasteiger partial charge in [-0.3, -0.25) is 4.98 Å². The van der Waals surface area contributed by atoms with E-state index in [0.29, 0.717) is 28.2 Å². The first-order chi connectivity index (χ1) is 12.2. The molecule has 0 saturated heterocycles. The molecule has 5 heteroatoms. The van der Waals surface area contributed by atoms with Crippen LogP contribution in [0.2, 0.25) is 0 Å². The molecule has 4 rings (SSSR count). The van der Waals surface area contributed by atoms with E-state index in [2.05, 4.69) is 9.97 Å². The molecule has 0 fully saturated rings. The number of fused-ring (bicyclic) bond motifs is 2. The molecule has 0 unspecified atom stereocenters. The van der Waals surface area contributed by atoms with Crippen molar-refractivity contribution >= 4 is 21.8 Å². The summed E-state index contributed by atoms with van der Waals surface area (Å²) in [7, 11) is 1.51. The number of phenolic OH excluding ortho intramolecular Hbond substituents is 1. The van der Waals surface area contributed by atoms with Crippen LogP contribution in [0.15, 0.2) is 54.7 Å². The van der Waals surface area contributed by atoms with Gasteiger partial charge in [-0.15, -0.1) is 0 Å². The van der Waals surface area contributed by atoms with Gasteiger partial charge in [-0.2, -0.15) is 0 Å². The zero-order valence-electron chi connectivity index (χ0n) is 13.9. The third-order valence-corrected chi connectivity index (χ3v) is 4.09. The lowest BCUT2D eigenvalue weighted by atomic mass is 10.1. The van der Waals surface area contributed by atoms with Crippen LogP contribution in [0, 0.1) is 6.92 Å². The van der Waals surface area contributed by atoms with Crippen molar-refractivity contribution < 1.29 is 14.6 Å². The first kappa shape index (κ1) is 15.2. The van der Waals surface area contributed by atoms with Gasteiger partial charge in [0.05, 0.1) is 23.8 Å². The van der Waals surface area contributed by atoms with Crippen molar-refractivity contribution in [2.45, 2.75) is 6.92 Å². The maximum Gasteiger partial charge on any atom is 0.162 e. The predicted octanol–water partition coefficient (Wildman–Crippen LogP) is 4.60. The van der Waals surface area contributed by atoms with Crippen LogP contribution in [0.3, 0.4) is 0 Å². The van der Waals surface area contributed by atoms with Crippen LogP contribution in [0.4, 0.5) is 0 Å². The van der Waals surface area contributed by atoms with Crippen LogP contribution in [-0.2, 0) is 0 Å². The summed E-state index contributed by atoms with van der Waals surface area (Å²) in [6, 6.07) is 14.9. The molecule has 0 aliphatic carbocycles. The molecule has 25 heavy (non-hydrogen) atoms. The van der Waals surface area contributed by atoms with Gasteiger partial charge in [0, 0.05) is 23.0 Å². The topological polar surface area (TPSA) is 64.5 Å². The van der Waals surface area contributed by atoms with Gasteiger partial charge in [-0.1, -0.05) is 18.2 Å². The highest BCUT2D eigenvalue weighted by Gasteiger charge is 2.12. The summed E-state index contributed by atoms with van der Waals surface area (Å²) >= 11 is 0. The van der Waals surface area contributed by atoms with E-state index in [9.17, 15) is 5.11 Å². The van der Waals surface area contributed by atoms with E-state index in [1.165, 1.54) is 7.11 Å². The van der Waals surface area contributed by atoms with E-state index in [4.69, 9.17) is 9.47 Å². The lowest BCUT2D eigenvalue weighted by Crippen LogP contribution is -1.93. The van der Waals surface area contributed by atoms with E-state index < -0.39 is 0 Å². The standard InChI is InChI=1S/C20H16N2O3/c1-12-19(9-13-5-3-4-6-15(13)22-12)25-18-7-8-21-16-11-20(24-2)17(23)10-14(16)18/h3-11,23H,1-2H3. The Labute approximate surface area is 144 Å². The molecule has 2 aromatic carbocycles. The number of aryl methyl sites for hydroxylation is 1. The molecule has 1 N–H and O–H groups in total. The number of methoxy groups -OCH3 is 1. The second-order valence-corrected chi connectivity index (χ2v) is 5.72. The van der Waals surface area contributed by atoms with E-state index in [1.807, 2.05) is 37.3 Å². The minimum atomic E-state index is 0.0428. The van der Waals surface area contributed by atoms with Gasteiger partial charge in [0.15, 0.2) is 11.5 Å². The summed E-state index contributed by atoms with van der Waals surface area (Å²) in [5, 5.41) is 11.8. The fourth-order valence-corrected chi connectivity index (χ4v) is 2.80. The van der Waals surface area contributed by atoms with Gasteiger partial charge in [0.1, 0.15) is 11.5 Å². The van der Waals surface area contributed by atoms with Crippen molar-refractivity contribution in [3.05, 3.63) is 60.4 Å². The fourth-order valence-electron chi connectivity index (χ4n) is 2.80. The van der Waals surface area contributed by atoms with Crippen molar-refractivity contribution in [1.29, 1.82) is 0 Å². The zero-order valence-corrected chi connectivity index (χ0v) is 13.9. The Bertz CT molecular complexity index is 1090. The Hall–Kier alpha value is -3.34. The van der Waals surface area contributed by atoms with E-state index in [0.717, 1.165) is 16.6 Å². The number of hydrogen-bond donors (Lipinski definition) is 1. The number of phenols is 1. The molecule has 0 amide bonds. The van der Waals surface area contributed by atoms with Gasteiger partial charge < -0.3 is 14.6 Å². The molecule has 0 radical (unpaired) electrons. The largest absolute Gasteiger partial charge is 0.504 e. The van der Waals surface area contributed by atoms with E-state index >= 15 is 0 Å². The summed E-state index contributed by atoms with van der Waals surface area (Å²) in [5.41, 5.74) is 2.40. The number of aromatic nitrogens is 2. The summed E-state index contributed by atoms with van der Waals surface area (Å²) in [6.07, 6.45) is 1.66. The van der Waals surface area contributed by atoms with Crippen molar-refractivity contribution in [3.8, 4) is 23.0 Å². The molecule has 0 aliphatic rings. The molecule has 124 valence electrons. The van der Waals surface area contributed by atoms with Crippen molar-refractivity contribution in [1.82, 2.24) is 9.97 Å². The van der Waals surface area contributed by atoms with Crippen LogP contribution in [0.1, 0.15) is 5.69 Å². The fraction of sp³-hybridized carbons (Fsp3) is 0.100. The van der Waals surface area contributed by atoms with Gasteiger partial charge in [-0.05, 0) is 31.2 Å². The number of hydrogen-bond acceptors (Lipinski definition) is 5. The van der Waals surface area contributed by atoms with Crippen LogP contribution < -0.4 is 9.47 Å². The Balaban J connectivity index is 1.83. The first-order valence-electron chi connectivity index (χ1n) is 7.85. The quantitative estimate of drug-likeness (QED) is 0.594. The highest BCUT2D eigenvalue weighted by molar-refractivity contribution is 5.88. The smallest absolute Gasteiger partial charge is 0.162 e. The molecule has 2 aromatic heterocycles. The number of pyridine rings is 2. The van der Waals surface area contributed by atoms with Crippen molar-refractivity contribution in [2.75, 3.05) is 7.11 Å². The van der Waals surface area contributed by atoms with Crippen LogP contribution in [0.5, 0.6) is 23.0 Å². The van der Waals surface area contributed by atoms with Gasteiger partial charge in [-0.25, -0.2) is 4.98 Å². The van der Waals surface area contributed by atoms with Crippen molar-refractivity contribution in [2.24, 2.45) is 0 Å². The number of para-hydroxylation sites is 1. The molecule has 2 heterocycles. The second kappa shape index (κ2) is 5.94. The third kappa shape index (κ3) is 2.70. The molecule has 0 saturated carbocycles. The number of benzene rings is 2. The third-order valence-electron chi connectivity index (χ3n) is 4.09. The van der Waals surface area contributed by atoms with E-state index in [1.54, 1.807) is 24.4 Å². The molecule has 5 nitrogen and oxygen atoms in total. The maximum atomic E-state index is 10.1. The average molecular weight is 332 g/mol. The Kier molecular flexibility index (Phi) is 3.61. The molecular formula is C20H16N2O3. The van der Waals surface area contributed by atoms with Crippen molar-refractivity contribution in [3.63, 3.8) is 0 Å². The molecule has 0 atom stereocenters. The molecular weight excluding hydrogens is 316 g/mol. The normalized spacial score (nSPS) is 11.0. The van der Waals surface area contributed by atoms with Crippen LogP contribution in [-0.4, -0.2) is 22.2 Å². The highest BCUT2D eigenvalue weighted by Crippen LogP contribution is 2.37. The van der Waals surface area contributed by atoms with Gasteiger partial charge in [0.2, 0.25) is 0 Å². The predicted molar refractivity (Wildman–Crippen MR) is 96.5 cm³/mol. The van der Waals surface area contributed by atoms with Gasteiger partial charge >= 0.3 is 0 Å². The number of nitrogens with zero attached hydrogens (tertiary/aromatic N) is 2. The summed E-state index contributed by atoms with van der Waals surface area (Å²) in [5.74, 6) is 1.69. The van der Waals surface area contributed by atoms with E-state index in [-0.39, 0.29) is 5.75 Å². The first-order valence-corrected chi connectivity index (χ1v) is 7.85. The summed E-state index contributed by atoms with van der Waals surface area (Å²) in [6.45, 7) is 1.91. The minimum Gasteiger partial charge on any atom is -0.504 e. The molecule has 0 bridgehead atoms. The monoisotopic (exact) mass is 332 g/mol. The molecule has 0 aliphatic heterocycles. The Morgan fingerprint density at radius 1 is 0.920 bits per heavy atom. The SMILES string of the molecule is COc1cc2nccc(Oc3cc4ccccc4nc3C)c2cc1O. The lowest BCUT2D eigenvalue weighted by molar-refractivity contribution is 0.374.